The maximum absolute atomic E-state index is 13.1. The Morgan fingerprint density at radius 3 is 2.13 bits per heavy atom. The van der Waals surface area contributed by atoms with Gasteiger partial charge in [-0.05, 0) is 89.7 Å². The van der Waals surface area contributed by atoms with Crippen LogP contribution in [0.1, 0.15) is 21.5 Å². The van der Waals surface area contributed by atoms with Crippen LogP contribution in [0.2, 0.25) is 0 Å². The predicted octanol–water partition coefficient (Wildman–Crippen LogP) is 5.71. The molecule has 6 nitrogen and oxygen atoms in total. The van der Waals surface area contributed by atoms with Crippen molar-refractivity contribution in [2.45, 2.75) is 18.4 Å². The maximum atomic E-state index is 13.1. The number of aryl methyl sites for hydroxylation is 1. The fourth-order valence-electron chi connectivity index (χ4n) is 4.52. The van der Waals surface area contributed by atoms with Gasteiger partial charge in [0.1, 0.15) is 5.75 Å². The van der Waals surface area contributed by atoms with E-state index in [1.807, 2.05) is 60.4 Å². The van der Waals surface area contributed by atoms with Crippen LogP contribution in [0.15, 0.2) is 95.9 Å². The molecule has 1 aliphatic heterocycles. The van der Waals surface area contributed by atoms with E-state index in [0.717, 1.165) is 46.9 Å². The van der Waals surface area contributed by atoms with Gasteiger partial charge in [-0.25, -0.2) is 0 Å². The quantitative estimate of drug-likeness (QED) is 0.212. The van der Waals surface area contributed by atoms with E-state index in [0.29, 0.717) is 18.7 Å². The third-order valence-corrected chi connectivity index (χ3v) is 7.70. The van der Waals surface area contributed by atoms with E-state index < -0.39 is 0 Å². The first kappa shape index (κ1) is 25.7. The van der Waals surface area contributed by atoms with Gasteiger partial charge in [0.05, 0.1) is 0 Å². The number of carbonyl (C=O) groups is 1. The number of nitrogens with one attached hydrogen (secondary N) is 1. The predicted molar refractivity (Wildman–Crippen MR) is 156 cm³/mol. The zero-order valence-electron chi connectivity index (χ0n) is 21.4. The van der Waals surface area contributed by atoms with Gasteiger partial charge in [0.25, 0.3) is 5.91 Å². The lowest BCUT2D eigenvalue weighted by Gasteiger charge is -2.36. The zero-order chi connectivity index (χ0) is 26.5. The number of anilines is 2. The highest BCUT2D eigenvalue weighted by atomic mass is 32.2. The first-order valence-electron chi connectivity index (χ1n) is 12.7. The van der Waals surface area contributed by atoms with E-state index >= 15 is 0 Å². The van der Waals surface area contributed by atoms with Crippen LogP contribution in [-0.4, -0.2) is 42.1 Å². The van der Waals surface area contributed by atoms with Crippen LogP contribution in [0.25, 0.3) is 11.1 Å². The Hall–Kier alpha value is -3.94. The fraction of sp³-hybridized carbons (Fsp3) is 0.194. The lowest BCUT2D eigenvalue weighted by atomic mass is 10.0. The molecule has 0 aliphatic carbocycles. The van der Waals surface area contributed by atoms with Gasteiger partial charge in [-0.2, -0.15) is 0 Å². The Kier molecular flexibility index (Phi) is 7.86. The molecule has 0 aromatic heterocycles. The molecule has 5 rings (SSSR count). The molecule has 4 aromatic rings. The number of hydrogen-bond donors (Lipinski definition) is 3. The Morgan fingerprint density at radius 2 is 1.50 bits per heavy atom. The average molecular weight is 525 g/mol. The van der Waals surface area contributed by atoms with Crippen molar-refractivity contribution in [2.75, 3.05) is 36.8 Å². The van der Waals surface area contributed by atoms with Crippen molar-refractivity contribution < 1.29 is 9.90 Å². The number of piperazine rings is 1. The first-order chi connectivity index (χ1) is 18.5. The summed E-state index contributed by atoms with van der Waals surface area (Å²) in [6, 6.07) is 29.5. The van der Waals surface area contributed by atoms with E-state index in [4.69, 9.17) is 5.73 Å². The highest BCUT2D eigenvalue weighted by Gasteiger charge is 2.22. The van der Waals surface area contributed by atoms with Crippen LogP contribution in [0.4, 0.5) is 11.4 Å². The van der Waals surface area contributed by atoms with Crippen molar-refractivity contribution in [3.8, 4) is 16.9 Å². The molecule has 4 N–H and O–H groups in total. The molecule has 0 spiro atoms. The Labute approximate surface area is 228 Å². The molecule has 194 valence electrons. The largest absolute Gasteiger partial charge is 0.508 e. The molecule has 0 bridgehead atoms. The number of phenols is 1. The van der Waals surface area contributed by atoms with Crippen molar-refractivity contribution >= 4 is 29.2 Å². The van der Waals surface area contributed by atoms with E-state index in [1.54, 1.807) is 24.1 Å². The van der Waals surface area contributed by atoms with Gasteiger partial charge in [0.2, 0.25) is 0 Å². The smallest absolute Gasteiger partial charge is 0.253 e. The lowest BCUT2D eigenvalue weighted by molar-refractivity contribution is 0.0747. The van der Waals surface area contributed by atoms with Crippen LogP contribution in [0.5, 0.6) is 5.75 Å². The molecule has 7 heteroatoms. The Balaban J connectivity index is 1.10. The Morgan fingerprint density at radius 1 is 0.868 bits per heavy atom. The average Bonchev–Trinajstić information content (AvgIpc) is 2.96. The number of aromatic hydroxyl groups is 1. The lowest BCUT2D eigenvalue weighted by Crippen LogP contribution is -2.48. The summed E-state index contributed by atoms with van der Waals surface area (Å²) in [5.41, 5.74) is 13.0. The number of nitrogen functional groups attached to an aromatic ring is 1. The topological polar surface area (TPSA) is 81.8 Å². The second-order valence-electron chi connectivity index (χ2n) is 9.51. The van der Waals surface area contributed by atoms with Gasteiger partial charge in [-0.3, -0.25) is 9.52 Å². The first-order valence-corrected chi connectivity index (χ1v) is 13.6. The summed E-state index contributed by atoms with van der Waals surface area (Å²) in [5, 5.41) is 9.49. The maximum Gasteiger partial charge on any atom is 0.253 e. The summed E-state index contributed by atoms with van der Waals surface area (Å²) in [7, 11) is 0. The van der Waals surface area contributed by atoms with Crippen LogP contribution >= 0.6 is 11.9 Å². The van der Waals surface area contributed by atoms with Crippen molar-refractivity contribution in [1.29, 1.82) is 0 Å². The third kappa shape index (κ3) is 6.13. The Bertz CT molecular complexity index is 1380. The molecule has 4 aromatic carbocycles. The third-order valence-electron chi connectivity index (χ3n) is 6.92. The van der Waals surface area contributed by atoms with Gasteiger partial charge in [-0.15, -0.1) is 0 Å². The summed E-state index contributed by atoms with van der Waals surface area (Å²) >= 11 is 1.58. The van der Waals surface area contributed by atoms with Crippen molar-refractivity contribution in [1.82, 2.24) is 9.62 Å². The molecule has 1 saturated heterocycles. The number of nitrogens with two attached hydrogens (primary N) is 1. The van der Waals surface area contributed by atoms with Crippen LogP contribution in [-0.2, 0) is 6.54 Å². The molecule has 0 saturated carbocycles. The van der Waals surface area contributed by atoms with Gasteiger partial charge >= 0.3 is 0 Å². The van der Waals surface area contributed by atoms with Gasteiger partial charge in [0.15, 0.2) is 0 Å². The molecule has 1 heterocycles. The van der Waals surface area contributed by atoms with Gasteiger partial charge in [0, 0.05) is 54.6 Å². The summed E-state index contributed by atoms with van der Waals surface area (Å²) in [6.07, 6.45) is 0. The number of benzene rings is 4. The van der Waals surface area contributed by atoms with Crippen molar-refractivity contribution in [3.63, 3.8) is 0 Å². The SMILES string of the molecule is Cc1ccc(SNCc2ccc(N3CCN(C(=O)c4ccc(-c5ccc(O)cc5)cc4)CC3)cc2)cc1N. The van der Waals surface area contributed by atoms with Crippen LogP contribution < -0.4 is 15.4 Å². The van der Waals surface area contributed by atoms with E-state index in [9.17, 15) is 9.90 Å². The van der Waals surface area contributed by atoms with Crippen molar-refractivity contribution in [3.05, 3.63) is 108 Å². The highest BCUT2D eigenvalue weighted by Crippen LogP contribution is 2.24. The fourth-order valence-corrected chi connectivity index (χ4v) is 5.25. The standard InChI is InChI=1S/C31H32N4O2S/c1-22-2-15-29(20-30(22)32)38-33-21-23-3-11-27(12-4-23)34-16-18-35(19-17-34)31(37)26-7-5-24(6-8-26)25-9-13-28(36)14-10-25/h2-15,20,33,36H,16-19,21,32H2,1H3. The minimum atomic E-state index is 0.0659. The number of carbonyl (C=O) groups excluding carboxylic acids is 1. The zero-order valence-corrected chi connectivity index (χ0v) is 22.2. The second kappa shape index (κ2) is 11.6. The van der Waals surface area contributed by atoms with E-state index in [1.165, 1.54) is 11.3 Å². The van der Waals surface area contributed by atoms with Gasteiger partial charge < -0.3 is 20.6 Å². The summed E-state index contributed by atoms with van der Waals surface area (Å²) in [6.45, 7) is 5.76. The molecule has 1 fully saturated rings. The second-order valence-corrected chi connectivity index (χ2v) is 10.5. The van der Waals surface area contributed by atoms with Crippen LogP contribution in [0, 0.1) is 6.92 Å². The number of amides is 1. The molecule has 0 atom stereocenters. The van der Waals surface area contributed by atoms with E-state index in [2.05, 4.69) is 40.0 Å². The number of rotatable bonds is 7. The molecular formula is C31H32N4O2S. The molecule has 0 radical (unpaired) electrons. The summed E-state index contributed by atoms with van der Waals surface area (Å²) in [5.74, 6) is 0.308. The molecule has 1 amide bonds. The van der Waals surface area contributed by atoms with E-state index in [-0.39, 0.29) is 11.7 Å². The number of hydrogen-bond acceptors (Lipinski definition) is 6. The highest BCUT2D eigenvalue weighted by molar-refractivity contribution is 7.97. The normalized spacial score (nSPS) is 13.5. The molecule has 1 aliphatic rings. The summed E-state index contributed by atoms with van der Waals surface area (Å²) < 4.78 is 3.41. The van der Waals surface area contributed by atoms with Crippen LogP contribution in [0.3, 0.4) is 0 Å². The van der Waals surface area contributed by atoms with Gasteiger partial charge in [-0.1, -0.05) is 42.5 Å². The summed E-state index contributed by atoms with van der Waals surface area (Å²) in [4.78, 5) is 18.4. The monoisotopic (exact) mass is 524 g/mol. The minimum absolute atomic E-state index is 0.0659. The molecule has 0 unspecified atom stereocenters. The number of nitrogens with zero attached hydrogens (tertiary/aromatic N) is 2. The minimum Gasteiger partial charge on any atom is -0.508 e. The molecular weight excluding hydrogens is 492 g/mol. The number of phenolic OH excluding ortho intramolecular Hbond substituents is 1. The van der Waals surface area contributed by atoms with Crippen molar-refractivity contribution in [2.24, 2.45) is 0 Å². The molecule has 38 heavy (non-hydrogen) atoms.